The summed E-state index contributed by atoms with van der Waals surface area (Å²) >= 11 is 3.50. The summed E-state index contributed by atoms with van der Waals surface area (Å²) in [5, 5.41) is 11.8. The number of nitrogens with zero attached hydrogens (tertiary/aromatic N) is 1. The van der Waals surface area contributed by atoms with Gasteiger partial charge in [0.2, 0.25) is 0 Å². The Morgan fingerprint density at radius 3 is 2.70 bits per heavy atom. The number of benzene rings is 1. The summed E-state index contributed by atoms with van der Waals surface area (Å²) in [5.74, 6) is 0.284. The second-order valence-corrected chi connectivity index (χ2v) is 6.32. The Hall–Kier alpha value is -1.07. The van der Waals surface area contributed by atoms with Crippen LogP contribution in [0.2, 0.25) is 0 Å². The van der Waals surface area contributed by atoms with Gasteiger partial charge in [-0.2, -0.15) is 0 Å². The van der Waals surface area contributed by atoms with Crippen LogP contribution in [0.25, 0.3) is 0 Å². The molecular formula is C15H23BrN2O2. The first kappa shape index (κ1) is 17.0. The van der Waals surface area contributed by atoms with Gasteiger partial charge in [0.25, 0.3) is 0 Å². The van der Waals surface area contributed by atoms with Crippen LogP contribution in [0.15, 0.2) is 33.9 Å². The second kappa shape index (κ2) is 8.27. The Labute approximate surface area is 129 Å². The van der Waals surface area contributed by atoms with Gasteiger partial charge in [0.15, 0.2) is 0 Å². The zero-order valence-electron chi connectivity index (χ0n) is 12.1. The van der Waals surface area contributed by atoms with E-state index in [1.807, 2.05) is 38.1 Å². The normalized spacial score (nSPS) is 12.7. The minimum Gasteiger partial charge on any atom is -0.409 e. The molecule has 112 valence electrons. The number of unbranched alkanes of at least 4 members (excludes halogenated alkanes) is 1. The third-order valence-corrected chi connectivity index (χ3v) is 4.13. The number of rotatable bonds is 8. The van der Waals surface area contributed by atoms with E-state index in [1.165, 1.54) is 0 Å². The summed E-state index contributed by atoms with van der Waals surface area (Å²) < 4.78 is 6.74. The highest BCUT2D eigenvalue weighted by Crippen LogP contribution is 2.23. The van der Waals surface area contributed by atoms with Crippen LogP contribution in [0, 0.1) is 5.41 Å². The van der Waals surface area contributed by atoms with Crippen molar-refractivity contribution in [1.29, 1.82) is 0 Å². The molecule has 1 aromatic rings. The predicted octanol–water partition coefficient (Wildman–Crippen LogP) is 3.91. The molecule has 0 aliphatic carbocycles. The van der Waals surface area contributed by atoms with E-state index in [0.29, 0.717) is 13.2 Å². The number of hydrogen-bond acceptors (Lipinski definition) is 3. The zero-order chi connectivity index (χ0) is 15.0. The van der Waals surface area contributed by atoms with E-state index in [1.54, 1.807) is 0 Å². The van der Waals surface area contributed by atoms with Crippen molar-refractivity contribution in [2.45, 2.75) is 39.7 Å². The molecule has 0 radical (unpaired) electrons. The molecule has 4 nitrogen and oxygen atoms in total. The lowest BCUT2D eigenvalue weighted by molar-refractivity contribution is 0.115. The molecule has 0 saturated carbocycles. The molecule has 0 unspecified atom stereocenters. The van der Waals surface area contributed by atoms with Crippen LogP contribution >= 0.6 is 15.9 Å². The number of amidine groups is 1. The number of ether oxygens (including phenoxy) is 1. The highest BCUT2D eigenvalue weighted by molar-refractivity contribution is 9.10. The van der Waals surface area contributed by atoms with Crippen LogP contribution in [-0.2, 0) is 11.3 Å². The SMILES string of the molecule is CC(C)(CCCCOCc1ccccc1Br)/C(N)=N/O. The van der Waals surface area contributed by atoms with Gasteiger partial charge in [0.05, 0.1) is 6.61 Å². The van der Waals surface area contributed by atoms with Gasteiger partial charge in [0.1, 0.15) is 5.84 Å². The van der Waals surface area contributed by atoms with E-state index in [9.17, 15) is 0 Å². The van der Waals surface area contributed by atoms with Gasteiger partial charge in [-0.25, -0.2) is 0 Å². The summed E-state index contributed by atoms with van der Waals surface area (Å²) in [4.78, 5) is 0. The number of nitrogens with two attached hydrogens (primary N) is 1. The summed E-state index contributed by atoms with van der Waals surface area (Å²) in [7, 11) is 0. The first-order valence-corrected chi connectivity index (χ1v) is 7.56. The molecule has 0 fully saturated rings. The Morgan fingerprint density at radius 1 is 1.35 bits per heavy atom. The minimum absolute atomic E-state index is 0.267. The van der Waals surface area contributed by atoms with Gasteiger partial charge in [-0.3, -0.25) is 0 Å². The van der Waals surface area contributed by atoms with Crippen LogP contribution in [0.5, 0.6) is 0 Å². The summed E-state index contributed by atoms with van der Waals surface area (Å²) in [6.07, 6.45) is 2.83. The van der Waals surface area contributed by atoms with Crippen LogP contribution in [0.4, 0.5) is 0 Å². The van der Waals surface area contributed by atoms with Crippen molar-refractivity contribution in [3.05, 3.63) is 34.3 Å². The minimum atomic E-state index is -0.267. The highest BCUT2D eigenvalue weighted by Gasteiger charge is 2.22. The smallest absolute Gasteiger partial charge is 0.144 e. The van der Waals surface area contributed by atoms with Crippen molar-refractivity contribution in [2.24, 2.45) is 16.3 Å². The Balaban J connectivity index is 2.19. The maximum Gasteiger partial charge on any atom is 0.144 e. The fourth-order valence-electron chi connectivity index (χ4n) is 1.83. The van der Waals surface area contributed by atoms with Gasteiger partial charge < -0.3 is 15.7 Å². The number of hydrogen-bond donors (Lipinski definition) is 2. The molecule has 0 amide bonds. The van der Waals surface area contributed by atoms with E-state index in [-0.39, 0.29) is 11.3 Å². The summed E-state index contributed by atoms with van der Waals surface area (Å²) in [5.41, 5.74) is 6.54. The monoisotopic (exact) mass is 342 g/mol. The third kappa shape index (κ3) is 5.51. The molecule has 0 saturated heterocycles. The van der Waals surface area contributed by atoms with E-state index >= 15 is 0 Å². The van der Waals surface area contributed by atoms with Crippen LogP contribution in [0.1, 0.15) is 38.7 Å². The molecule has 0 aliphatic rings. The maximum atomic E-state index is 8.70. The third-order valence-electron chi connectivity index (χ3n) is 3.36. The van der Waals surface area contributed by atoms with Crippen molar-refractivity contribution < 1.29 is 9.94 Å². The fraction of sp³-hybridized carbons (Fsp3) is 0.533. The van der Waals surface area contributed by atoms with Crippen LogP contribution < -0.4 is 5.73 Å². The van der Waals surface area contributed by atoms with Crippen molar-refractivity contribution in [1.82, 2.24) is 0 Å². The molecule has 0 heterocycles. The first-order chi connectivity index (χ1) is 9.47. The zero-order valence-corrected chi connectivity index (χ0v) is 13.7. The van der Waals surface area contributed by atoms with Crippen molar-refractivity contribution in [3.8, 4) is 0 Å². The van der Waals surface area contributed by atoms with Gasteiger partial charge in [-0.1, -0.05) is 59.6 Å². The quantitative estimate of drug-likeness (QED) is 0.247. The van der Waals surface area contributed by atoms with Crippen molar-refractivity contribution in [3.63, 3.8) is 0 Å². The maximum absolute atomic E-state index is 8.70. The lowest BCUT2D eigenvalue weighted by atomic mass is 9.86. The van der Waals surface area contributed by atoms with E-state index in [2.05, 4.69) is 21.1 Å². The fourth-order valence-corrected chi connectivity index (χ4v) is 2.23. The average Bonchev–Trinajstić information content (AvgIpc) is 2.43. The molecule has 0 spiro atoms. The first-order valence-electron chi connectivity index (χ1n) is 6.76. The van der Waals surface area contributed by atoms with Gasteiger partial charge in [-0.15, -0.1) is 0 Å². The van der Waals surface area contributed by atoms with E-state index in [4.69, 9.17) is 15.7 Å². The van der Waals surface area contributed by atoms with Gasteiger partial charge in [0, 0.05) is 16.5 Å². The molecule has 0 bridgehead atoms. The molecular weight excluding hydrogens is 320 g/mol. The average molecular weight is 343 g/mol. The molecule has 1 rings (SSSR count). The molecule has 0 aromatic heterocycles. The van der Waals surface area contributed by atoms with Gasteiger partial charge >= 0.3 is 0 Å². The largest absolute Gasteiger partial charge is 0.409 e. The second-order valence-electron chi connectivity index (χ2n) is 5.47. The lowest BCUT2D eigenvalue weighted by Gasteiger charge is -2.22. The predicted molar refractivity (Wildman–Crippen MR) is 84.8 cm³/mol. The summed E-state index contributed by atoms with van der Waals surface area (Å²) in [6.45, 7) is 5.28. The molecule has 5 heteroatoms. The lowest BCUT2D eigenvalue weighted by Crippen LogP contribution is -2.31. The molecule has 1 aromatic carbocycles. The molecule has 20 heavy (non-hydrogen) atoms. The molecule has 0 atom stereocenters. The Kier molecular flexibility index (Phi) is 7.02. The number of oxime groups is 1. The number of halogens is 1. The highest BCUT2D eigenvalue weighted by atomic mass is 79.9. The van der Waals surface area contributed by atoms with E-state index < -0.39 is 0 Å². The van der Waals surface area contributed by atoms with Crippen LogP contribution in [-0.4, -0.2) is 17.6 Å². The van der Waals surface area contributed by atoms with Crippen LogP contribution in [0.3, 0.4) is 0 Å². The molecule has 3 N–H and O–H groups in total. The standard InChI is InChI=1S/C15H23BrN2O2/c1-15(2,14(17)18-19)9-5-6-10-20-11-12-7-3-4-8-13(12)16/h3-4,7-8,19H,5-6,9-11H2,1-2H3,(H2,17,18). The Morgan fingerprint density at radius 2 is 2.05 bits per heavy atom. The van der Waals surface area contributed by atoms with Crippen molar-refractivity contribution >= 4 is 21.8 Å². The Bertz CT molecular complexity index is 447. The topological polar surface area (TPSA) is 67.8 Å². The van der Waals surface area contributed by atoms with Gasteiger partial charge in [-0.05, 0) is 24.5 Å². The van der Waals surface area contributed by atoms with E-state index in [0.717, 1.165) is 29.3 Å². The van der Waals surface area contributed by atoms with Crippen molar-refractivity contribution in [2.75, 3.05) is 6.61 Å². The summed E-state index contributed by atoms with van der Waals surface area (Å²) in [6, 6.07) is 8.05. The molecule has 0 aliphatic heterocycles.